The molecule has 3 rings (SSSR count). The fourth-order valence-corrected chi connectivity index (χ4v) is 3.52. The highest BCUT2D eigenvalue weighted by Gasteiger charge is 2.22. The maximum absolute atomic E-state index is 13.1. The summed E-state index contributed by atoms with van der Waals surface area (Å²) >= 11 is 6.25. The summed E-state index contributed by atoms with van der Waals surface area (Å²) < 4.78 is 15.6. The van der Waals surface area contributed by atoms with E-state index in [0.29, 0.717) is 9.23 Å². The van der Waals surface area contributed by atoms with Crippen molar-refractivity contribution in [3.63, 3.8) is 0 Å². The Balaban J connectivity index is 2.04. The van der Waals surface area contributed by atoms with Crippen molar-refractivity contribution in [1.82, 2.24) is 9.88 Å². The summed E-state index contributed by atoms with van der Waals surface area (Å²) in [7, 11) is 0. The number of rotatable bonds is 2. The first-order valence-corrected chi connectivity index (χ1v) is 7.88. The van der Waals surface area contributed by atoms with Crippen molar-refractivity contribution in [2.45, 2.75) is 13.8 Å². The van der Waals surface area contributed by atoms with Crippen molar-refractivity contribution in [3.8, 4) is 5.69 Å². The van der Waals surface area contributed by atoms with Gasteiger partial charge in [-0.2, -0.15) is 0 Å². The minimum atomic E-state index is -0.263. The van der Waals surface area contributed by atoms with Gasteiger partial charge in [-0.15, -0.1) is 0 Å². The molecule has 0 radical (unpaired) electrons. The van der Waals surface area contributed by atoms with Crippen LogP contribution in [0.3, 0.4) is 0 Å². The van der Waals surface area contributed by atoms with Gasteiger partial charge in [0.1, 0.15) is 10.1 Å². The van der Waals surface area contributed by atoms with Crippen LogP contribution in [-0.2, 0) is 4.79 Å². The molecule has 1 aliphatic rings. The van der Waals surface area contributed by atoms with Crippen molar-refractivity contribution in [1.29, 1.82) is 0 Å². The minimum absolute atomic E-state index is 0.165. The van der Waals surface area contributed by atoms with E-state index in [1.54, 1.807) is 12.1 Å². The first-order chi connectivity index (χ1) is 10.5. The van der Waals surface area contributed by atoms with Gasteiger partial charge in [0.15, 0.2) is 0 Å². The van der Waals surface area contributed by atoms with Gasteiger partial charge >= 0.3 is 0 Å². The van der Waals surface area contributed by atoms with Gasteiger partial charge in [-0.1, -0.05) is 24.0 Å². The maximum Gasteiger partial charge on any atom is 0.263 e. The fraction of sp³-hybridized carbons (Fsp3) is 0.125. The van der Waals surface area contributed by atoms with Crippen molar-refractivity contribution in [3.05, 3.63) is 58.0 Å². The summed E-state index contributed by atoms with van der Waals surface area (Å²) in [6.45, 7) is 3.95. The summed E-state index contributed by atoms with van der Waals surface area (Å²) in [5.74, 6) is -0.428. The summed E-state index contributed by atoms with van der Waals surface area (Å²) in [5.41, 5.74) is 3.84. The maximum atomic E-state index is 13.1. The van der Waals surface area contributed by atoms with Gasteiger partial charge in [-0.05, 0) is 55.8 Å². The fourth-order valence-electron chi connectivity index (χ4n) is 2.48. The minimum Gasteiger partial charge on any atom is -0.318 e. The number of thiocarbonyl (C=S) groups is 1. The predicted molar refractivity (Wildman–Crippen MR) is 91.5 cm³/mol. The van der Waals surface area contributed by atoms with E-state index in [0.717, 1.165) is 22.6 Å². The number of hydrogen-bond acceptors (Lipinski definition) is 3. The topological polar surface area (TPSA) is 34.0 Å². The van der Waals surface area contributed by atoms with Gasteiger partial charge in [0.25, 0.3) is 5.91 Å². The zero-order chi connectivity index (χ0) is 15.9. The average Bonchev–Trinajstić information content (AvgIpc) is 2.92. The van der Waals surface area contributed by atoms with E-state index in [1.165, 1.54) is 23.9 Å². The molecule has 1 N–H and O–H groups in total. The Labute approximate surface area is 137 Å². The van der Waals surface area contributed by atoms with Crippen LogP contribution in [0.5, 0.6) is 0 Å². The van der Waals surface area contributed by atoms with E-state index in [-0.39, 0.29) is 11.7 Å². The molecule has 1 fully saturated rings. The lowest BCUT2D eigenvalue weighted by atomic mass is 10.2. The Hall–Kier alpha value is -1.92. The van der Waals surface area contributed by atoms with Gasteiger partial charge in [0.2, 0.25) is 0 Å². The molecule has 6 heteroatoms. The summed E-state index contributed by atoms with van der Waals surface area (Å²) in [4.78, 5) is 12.4. The molecule has 112 valence electrons. The van der Waals surface area contributed by atoms with Gasteiger partial charge in [-0.25, -0.2) is 4.39 Å². The molecule has 2 aromatic rings. The van der Waals surface area contributed by atoms with Crippen LogP contribution in [0, 0.1) is 19.7 Å². The van der Waals surface area contributed by atoms with E-state index in [9.17, 15) is 9.18 Å². The zero-order valence-electron chi connectivity index (χ0n) is 12.0. The highest BCUT2D eigenvalue weighted by Crippen LogP contribution is 2.29. The van der Waals surface area contributed by atoms with Crippen molar-refractivity contribution >= 4 is 40.3 Å². The van der Waals surface area contributed by atoms with Gasteiger partial charge < -0.3 is 9.88 Å². The second kappa shape index (κ2) is 5.70. The van der Waals surface area contributed by atoms with Gasteiger partial charge in [0, 0.05) is 17.1 Å². The Morgan fingerprint density at radius 1 is 1.27 bits per heavy atom. The number of hydrogen-bond donors (Lipinski definition) is 1. The number of aryl methyl sites for hydroxylation is 1. The van der Waals surface area contributed by atoms with E-state index in [4.69, 9.17) is 12.2 Å². The highest BCUT2D eigenvalue weighted by molar-refractivity contribution is 8.26. The van der Waals surface area contributed by atoms with Crippen molar-refractivity contribution in [2.24, 2.45) is 0 Å². The molecule has 1 aliphatic heterocycles. The summed E-state index contributed by atoms with van der Waals surface area (Å²) in [5, 5.41) is 2.60. The van der Waals surface area contributed by atoms with E-state index < -0.39 is 0 Å². The molecule has 1 aromatic carbocycles. The summed E-state index contributed by atoms with van der Waals surface area (Å²) in [6, 6.07) is 8.34. The Bertz CT molecular complexity index is 806. The Morgan fingerprint density at radius 3 is 2.55 bits per heavy atom. The smallest absolute Gasteiger partial charge is 0.263 e. The number of amides is 1. The lowest BCUT2D eigenvalue weighted by Gasteiger charge is -2.09. The highest BCUT2D eigenvalue weighted by atomic mass is 32.2. The second-order valence-electron chi connectivity index (χ2n) is 4.99. The first kappa shape index (κ1) is 15.0. The number of nitrogens with zero attached hydrogens (tertiary/aromatic N) is 1. The molecule has 0 saturated carbocycles. The quantitative estimate of drug-likeness (QED) is 0.672. The number of halogens is 1. The summed E-state index contributed by atoms with van der Waals surface area (Å²) in [6.07, 6.45) is 1.83. The van der Waals surface area contributed by atoms with E-state index in [2.05, 4.69) is 5.32 Å². The number of thioether (sulfide) groups is 1. The molecule has 0 unspecified atom stereocenters. The Kier molecular flexibility index (Phi) is 3.88. The zero-order valence-corrected chi connectivity index (χ0v) is 13.6. The molecule has 22 heavy (non-hydrogen) atoms. The van der Waals surface area contributed by atoms with Gasteiger partial charge in [0.05, 0.1) is 4.91 Å². The number of benzene rings is 1. The van der Waals surface area contributed by atoms with Crippen LogP contribution in [0.1, 0.15) is 17.0 Å². The molecule has 3 nitrogen and oxygen atoms in total. The van der Waals surface area contributed by atoms with Crippen molar-refractivity contribution < 1.29 is 9.18 Å². The molecule has 0 bridgehead atoms. The lowest BCUT2D eigenvalue weighted by molar-refractivity contribution is -0.115. The van der Waals surface area contributed by atoms with Crippen LogP contribution in [0.25, 0.3) is 11.8 Å². The standard InChI is InChI=1S/C16H13FN2OS2/c1-9-7-11(8-14-15(20)18-16(21)22-14)10(2)19(9)13-5-3-12(17)4-6-13/h3-8H,1-2H3,(H,18,20,21). The van der Waals surface area contributed by atoms with Crippen molar-refractivity contribution in [2.75, 3.05) is 0 Å². The third kappa shape index (κ3) is 2.71. The molecule has 1 aromatic heterocycles. The van der Waals surface area contributed by atoms with Crippen LogP contribution in [-0.4, -0.2) is 14.8 Å². The predicted octanol–water partition coefficient (Wildman–Crippen LogP) is 3.72. The van der Waals surface area contributed by atoms with E-state index >= 15 is 0 Å². The van der Waals surface area contributed by atoms with Crippen LogP contribution in [0.15, 0.2) is 35.2 Å². The monoisotopic (exact) mass is 332 g/mol. The van der Waals surface area contributed by atoms with Crippen LogP contribution >= 0.6 is 24.0 Å². The van der Waals surface area contributed by atoms with Gasteiger partial charge in [-0.3, -0.25) is 4.79 Å². The second-order valence-corrected chi connectivity index (χ2v) is 6.71. The number of nitrogens with one attached hydrogen (secondary N) is 1. The lowest BCUT2D eigenvalue weighted by Crippen LogP contribution is -2.17. The van der Waals surface area contributed by atoms with Crippen LogP contribution < -0.4 is 5.32 Å². The molecule has 2 heterocycles. The molecule has 0 atom stereocenters. The largest absolute Gasteiger partial charge is 0.318 e. The SMILES string of the molecule is Cc1cc(C=C2SC(=S)NC2=O)c(C)n1-c1ccc(F)cc1. The molecule has 0 aliphatic carbocycles. The van der Waals surface area contributed by atoms with Crippen LogP contribution in [0.2, 0.25) is 0 Å². The third-order valence-electron chi connectivity index (χ3n) is 3.48. The number of aromatic nitrogens is 1. The number of carbonyl (C=O) groups excluding carboxylic acids is 1. The molecule has 1 saturated heterocycles. The normalized spacial score (nSPS) is 16.4. The first-order valence-electron chi connectivity index (χ1n) is 6.65. The average molecular weight is 332 g/mol. The molecular weight excluding hydrogens is 319 g/mol. The molecule has 0 spiro atoms. The van der Waals surface area contributed by atoms with E-state index in [1.807, 2.05) is 30.6 Å². The molecule has 1 amide bonds. The van der Waals surface area contributed by atoms with Crippen LogP contribution in [0.4, 0.5) is 4.39 Å². The Morgan fingerprint density at radius 2 is 1.95 bits per heavy atom. The third-order valence-corrected chi connectivity index (χ3v) is 4.65. The number of carbonyl (C=O) groups is 1. The molecular formula is C16H13FN2OS2.